The van der Waals surface area contributed by atoms with Gasteiger partial charge in [-0.2, -0.15) is 5.10 Å². The third-order valence-electron chi connectivity index (χ3n) is 6.22. The van der Waals surface area contributed by atoms with Gasteiger partial charge in [-0.3, -0.25) is 9.48 Å². The lowest BCUT2D eigenvalue weighted by Crippen LogP contribution is -2.38. The largest absolute Gasteiger partial charge is 0.333 e. The van der Waals surface area contributed by atoms with Crippen molar-refractivity contribution in [1.29, 1.82) is 0 Å². The molecule has 0 radical (unpaired) electrons. The summed E-state index contributed by atoms with van der Waals surface area (Å²) < 4.78 is 1.93. The van der Waals surface area contributed by atoms with Gasteiger partial charge in [0.15, 0.2) is 5.69 Å². The van der Waals surface area contributed by atoms with Crippen molar-refractivity contribution in [3.8, 4) is 0 Å². The summed E-state index contributed by atoms with van der Waals surface area (Å²) in [6.07, 6.45) is 3.85. The Morgan fingerprint density at radius 2 is 2.07 bits per heavy atom. The van der Waals surface area contributed by atoms with Crippen LogP contribution in [-0.4, -0.2) is 33.2 Å². The van der Waals surface area contributed by atoms with Crippen molar-refractivity contribution in [1.82, 2.24) is 20.0 Å². The van der Waals surface area contributed by atoms with Gasteiger partial charge >= 0.3 is 0 Å². The number of nitrogens with one attached hydrogen (secondary N) is 1. The first kappa shape index (κ1) is 18.6. The molecule has 1 aliphatic carbocycles. The van der Waals surface area contributed by atoms with Crippen molar-refractivity contribution in [3.63, 3.8) is 0 Å². The Bertz CT molecular complexity index is 1020. The van der Waals surface area contributed by atoms with Crippen LogP contribution in [0.1, 0.15) is 44.2 Å². The zero-order valence-electron chi connectivity index (χ0n) is 16.7. The minimum absolute atomic E-state index is 0.0789. The maximum Gasteiger partial charge on any atom is 0.274 e. The first-order valence-corrected chi connectivity index (χ1v) is 11.2. The highest BCUT2D eigenvalue weighted by Crippen LogP contribution is 2.27. The second kappa shape index (κ2) is 7.76. The van der Waals surface area contributed by atoms with Crippen molar-refractivity contribution < 1.29 is 4.79 Å². The fourth-order valence-electron chi connectivity index (χ4n) is 4.61. The molecule has 0 unspecified atom stereocenters. The number of aromatic nitrogens is 2. The highest BCUT2D eigenvalue weighted by molar-refractivity contribution is 7.09. The van der Waals surface area contributed by atoms with Crippen LogP contribution in [0.5, 0.6) is 0 Å². The Hall–Kier alpha value is -2.44. The minimum Gasteiger partial charge on any atom is -0.333 e. The standard InChI is InChI=1S/C23H26N4OS/c1-26-21-9-8-18(24-14-19-7-4-12-29-19)13-20(21)22(25-26)23(28)27-11-10-16-5-2-3-6-17(16)15-27/h2-7,12,18,24H,8-11,13-15H2,1H3/t18-/m0/s1. The quantitative estimate of drug-likeness (QED) is 0.723. The normalized spacial score (nSPS) is 18.4. The van der Waals surface area contributed by atoms with Gasteiger partial charge in [-0.05, 0) is 48.3 Å². The van der Waals surface area contributed by atoms with E-state index in [-0.39, 0.29) is 5.91 Å². The summed E-state index contributed by atoms with van der Waals surface area (Å²) in [7, 11) is 1.97. The lowest BCUT2D eigenvalue weighted by Gasteiger charge is -2.29. The van der Waals surface area contributed by atoms with Crippen molar-refractivity contribution in [2.45, 2.75) is 44.8 Å². The summed E-state index contributed by atoms with van der Waals surface area (Å²) in [5.74, 6) is 0.0789. The van der Waals surface area contributed by atoms with Gasteiger partial charge in [0, 0.05) is 48.9 Å². The van der Waals surface area contributed by atoms with Crippen molar-refractivity contribution in [2.75, 3.05) is 6.54 Å². The fourth-order valence-corrected chi connectivity index (χ4v) is 5.27. The van der Waals surface area contributed by atoms with Crippen LogP contribution in [0.25, 0.3) is 0 Å². The molecule has 0 bridgehead atoms. The van der Waals surface area contributed by atoms with Crippen LogP contribution in [-0.2, 0) is 39.4 Å². The molecule has 2 aliphatic rings. The van der Waals surface area contributed by atoms with E-state index in [0.29, 0.717) is 18.3 Å². The van der Waals surface area contributed by atoms with E-state index < -0.39 is 0 Å². The summed E-state index contributed by atoms with van der Waals surface area (Å²) >= 11 is 1.78. The molecule has 1 aliphatic heterocycles. The Labute approximate surface area is 175 Å². The summed E-state index contributed by atoms with van der Waals surface area (Å²) in [6, 6.07) is 13.1. The number of nitrogens with zero attached hydrogens (tertiary/aromatic N) is 3. The van der Waals surface area contributed by atoms with Gasteiger partial charge < -0.3 is 10.2 Å². The number of carbonyl (C=O) groups is 1. The van der Waals surface area contributed by atoms with Crippen LogP contribution in [0.4, 0.5) is 0 Å². The van der Waals surface area contributed by atoms with E-state index in [9.17, 15) is 4.79 Å². The van der Waals surface area contributed by atoms with Gasteiger partial charge in [0.05, 0.1) is 0 Å². The second-order valence-electron chi connectivity index (χ2n) is 8.04. The molecule has 5 nitrogen and oxygen atoms in total. The number of rotatable bonds is 4. The molecule has 2 aromatic heterocycles. The molecular formula is C23H26N4OS. The molecule has 1 amide bonds. The molecule has 150 valence electrons. The van der Waals surface area contributed by atoms with Crippen molar-refractivity contribution in [3.05, 3.63) is 74.7 Å². The third kappa shape index (κ3) is 3.63. The predicted molar refractivity (Wildman–Crippen MR) is 115 cm³/mol. The smallest absolute Gasteiger partial charge is 0.274 e. The monoisotopic (exact) mass is 406 g/mol. The highest BCUT2D eigenvalue weighted by Gasteiger charge is 2.31. The molecule has 5 rings (SSSR count). The summed E-state index contributed by atoms with van der Waals surface area (Å²) in [5, 5.41) is 10.5. The van der Waals surface area contributed by atoms with E-state index in [4.69, 9.17) is 0 Å². The maximum absolute atomic E-state index is 13.4. The molecule has 1 N–H and O–H groups in total. The summed E-state index contributed by atoms with van der Waals surface area (Å²) in [4.78, 5) is 16.7. The predicted octanol–water partition coefficient (Wildman–Crippen LogP) is 3.33. The number of hydrogen-bond acceptors (Lipinski definition) is 4. The molecular weight excluding hydrogens is 380 g/mol. The average Bonchev–Trinajstić information content (AvgIpc) is 3.39. The van der Waals surface area contributed by atoms with Gasteiger partial charge in [0.25, 0.3) is 5.91 Å². The van der Waals surface area contributed by atoms with E-state index in [1.807, 2.05) is 16.6 Å². The molecule has 29 heavy (non-hydrogen) atoms. The van der Waals surface area contributed by atoms with Crippen molar-refractivity contribution in [2.24, 2.45) is 7.05 Å². The van der Waals surface area contributed by atoms with Gasteiger partial charge in [-0.15, -0.1) is 11.3 Å². The first-order chi connectivity index (χ1) is 14.2. The van der Waals surface area contributed by atoms with Crippen LogP contribution in [0.15, 0.2) is 41.8 Å². The number of benzene rings is 1. The van der Waals surface area contributed by atoms with E-state index in [1.54, 1.807) is 11.3 Å². The number of fused-ring (bicyclic) bond motifs is 2. The molecule has 0 saturated carbocycles. The molecule has 3 heterocycles. The second-order valence-corrected chi connectivity index (χ2v) is 9.08. The maximum atomic E-state index is 13.4. The number of thiophene rings is 1. The molecule has 0 spiro atoms. The van der Waals surface area contributed by atoms with Crippen LogP contribution in [0.3, 0.4) is 0 Å². The Morgan fingerprint density at radius 3 is 2.90 bits per heavy atom. The number of carbonyl (C=O) groups excluding carboxylic acids is 1. The first-order valence-electron chi connectivity index (χ1n) is 10.4. The lowest BCUT2D eigenvalue weighted by atomic mass is 9.90. The summed E-state index contributed by atoms with van der Waals surface area (Å²) in [5.41, 5.74) is 5.64. The Morgan fingerprint density at radius 1 is 1.21 bits per heavy atom. The van der Waals surface area contributed by atoms with Crippen LogP contribution in [0, 0.1) is 0 Å². The number of aryl methyl sites for hydroxylation is 1. The average molecular weight is 407 g/mol. The minimum atomic E-state index is 0.0789. The van der Waals surface area contributed by atoms with Gasteiger partial charge in [-0.25, -0.2) is 0 Å². The van der Waals surface area contributed by atoms with Crippen LogP contribution >= 0.6 is 11.3 Å². The lowest BCUT2D eigenvalue weighted by molar-refractivity contribution is 0.0726. The van der Waals surface area contributed by atoms with Gasteiger partial charge in [0.1, 0.15) is 0 Å². The van der Waals surface area contributed by atoms with Gasteiger partial charge in [0.2, 0.25) is 0 Å². The number of hydrogen-bond donors (Lipinski definition) is 1. The molecule has 0 saturated heterocycles. The Kier molecular flexibility index (Phi) is 4.97. The fraction of sp³-hybridized carbons (Fsp3) is 0.391. The number of amides is 1. The van der Waals surface area contributed by atoms with E-state index in [1.165, 1.54) is 21.7 Å². The molecule has 1 atom stereocenters. The molecule has 1 aromatic carbocycles. The van der Waals surface area contributed by atoms with Crippen LogP contribution in [0.2, 0.25) is 0 Å². The highest BCUT2D eigenvalue weighted by atomic mass is 32.1. The van der Waals surface area contributed by atoms with Crippen LogP contribution < -0.4 is 5.32 Å². The topological polar surface area (TPSA) is 50.2 Å². The van der Waals surface area contributed by atoms with Gasteiger partial charge in [-0.1, -0.05) is 30.3 Å². The zero-order chi connectivity index (χ0) is 19.8. The van der Waals surface area contributed by atoms with Crippen molar-refractivity contribution >= 4 is 17.2 Å². The summed E-state index contributed by atoms with van der Waals surface area (Å²) in [6.45, 7) is 2.34. The Balaban J connectivity index is 1.33. The van der Waals surface area contributed by atoms with E-state index >= 15 is 0 Å². The van der Waals surface area contributed by atoms with E-state index in [2.05, 4.69) is 52.2 Å². The SMILES string of the molecule is Cn1nc(C(=O)N2CCc3ccccc3C2)c2c1CC[C@H](NCc1cccs1)C2. The zero-order valence-corrected chi connectivity index (χ0v) is 17.5. The molecule has 0 fully saturated rings. The molecule has 6 heteroatoms. The molecule has 3 aromatic rings. The third-order valence-corrected chi connectivity index (χ3v) is 7.10. The van der Waals surface area contributed by atoms with E-state index in [0.717, 1.165) is 44.3 Å².